The van der Waals surface area contributed by atoms with Gasteiger partial charge in [-0.15, -0.1) is 95.6 Å². The normalized spacial score (nSPS) is 12.7. The number of hydrogen-bond donors (Lipinski definition) is 0. The van der Waals surface area contributed by atoms with E-state index in [4.69, 9.17) is 13.2 Å². The van der Waals surface area contributed by atoms with Crippen LogP contribution in [0.25, 0.3) is 78.3 Å². The third kappa shape index (κ3) is 10.8. The molecular weight excluding hydrogens is 1050 g/mol. The Kier molecular flexibility index (Phi) is 12.3. The van der Waals surface area contributed by atoms with Crippen molar-refractivity contribution < 1.29 is 41.5 Å². The minimum atomic E-state index is -2.50. The Labute approximate surface area is 429 Å². The number of pyridine rings is 3. The fourth-order valence-corrected chi connectivity index (χ4v) is 8.65. The van der Waals surface area contributed by atoms with E-state index < -0.39 is 31.2 Å². The molecule has 0 aliphatic rings. The van der Waals surface area contributed by atoms with Gasteiger partial charge in [-0.05, 0) is 136 Å². The predicted octanol–water partition coefficient (Wildman–Crippen LogP) is 15.5. The van der Waals surface area contributed by atoms with Crippen LogP contribution in [0.15, 0.2) is 188 Å². The fraction of sp³-hybridized carbons (Fsp3) is 0.0952. The largest absolute Gasteiger partial charge is 3.00 e. The Morgan fingerprint density at radius 3 is 1.57 bits per heavy atom. The average molecular weight is 1100 g/mol. The molecule has 0 saturated carbocycles. The molecule has 0 unspecified atom stereocenters. The molecule has 0 N–H and O–H groups in total. The minimum Gasteiger partial charge on any atom is -0.304 e. The van der Waals surface area contributed by atoms with E-state index in [9.17, 15) is 8.78 Å². The van der Waals surface area contributed by atoms with Crippen molar-refractivity contribution in [3.63, 3.8) is 0 Å². The third-order valence-corrected chi connectivity index (χ3v) is 12.2. The summed E-state index contributed by atoms with van der Waals surface area (Å²) in [6.45, 7) is -5.01. The molecule has 0 fully saturated rings. The molecule has 0 spiro atoms. The van der Waals surface area contributed by atoms with Gasteiger partial charge in [-0.3, -0.25) is 8.78 Å². The van der Waals surface area contributed by atoms with Crippen molar-refractivity contribution in [3.05, 3.63) is 257 Å². The summed E-state index contributed by atoms with van der Waals surface area (Å²) in [7, 11) is 0. The zero-order valence-corrected chi connectivity index (χ0v) is 39.9. The van der Waals surface area contributed by atoms with Gasteiger partial charge in [0.1, 0.15) is 5.82 Å². The van der Waals surface area contributed by atoms with Crippen molar-refractivity contribution in [2.75, 3.05) is 0 Å². The number of hydrogen-bond acceptors (Lipinski definition) is 3. The van der Waals surface area contributed by atoms with Crippen LogP contribution in [0.2, 0.25) is 0 Å². The van der Waals surface area contributed by atoms with E-state index >= 15 is 4.39 Å². The summed E-state index contributed by atoms with van der Waals surface area (Å²) in [6, 6.07) is 58.5. The molecule has 0 saturated heterocycles. The number of benzene rings is 7. The van der Waals surface area contributed by atoms with Crippen LogP contribution in [0, 0.1) is 49.4 Å². The molecule has 0 atom stereocenters. The quantitative estimate of drug-likeness (QED) is 0.108. The van der Waals surface area contributed by atoms with Crippen molar-refractivity contribution >= 4 is 0 Å². The number of aromatic nitrogens is 3. The predicted molar refractivity (Wildman–Crippen MR) is 271 cm³/mol. The van der Waals surface area contributed by atoms with Gasteiger partial charge in [0.05, 0.1) is 0 Å². The Balaban J connectivity index is 0.00000706. The van der Waals surface area contributed by atoms with Crippen molar-refractivity contribution in [1.29, 1.82) is 0 Å². The van der Waals surface area contributed by atoms with Crippen LogP contribution in [0.5, 0.6) is 0 Å². The Bertz CT molecular complexity index is 3540. The topological polar surface area (TPSA) is 38.7 Å². The van der Waals surface area contributed by atoms with Gasteiger partial charge in [0, 0.05) is 44.0 Å². The molecule has 0 aliphatic carbocycles. The molecule has 70 heavy (non-hydrogen) atoms. The van der Waals surface area contributed by atoms with Crippen LogP contribution in [0.1, 0.15) is 41.6 Å². The van der Waals surface area contributed by atoms with Crippen LogP contribution in [0.4, 0.5) is 13.2 Å². The number of nitrogens with zero attached hydrogens (tertiary/aromatic N) is 3. The maximum atomic E-state index is 15.9. The van der Waals surface area contributed by atoms with Crippen LogP contribution in [-0.4, -0.2) is 15.0 Å². The second kappa shape index (κ2) is 21.4. The SMILES string of the molecule is [2H]C([2H])([2H])c1cc(-c2[c-]cc(F)cc2)ncc1CCc1cc(CCc2cnc(-c3[c-]cc(F)cc3)cc2C([2H])([2H])[2H])cc(-c2cc(F)ccc2-c2cnc(-c3[c-]cccc3)cc2-c2cccc(-c3ccccc3)c2)c1.[Ir+3]. The van der Waals surface area contributed by atoms with E-state index in [1.54, 1.807) is 18.5 Å². The monoisotopic (exact) mass is 1100 g/mol. The van der Waals surface area contributed by atoms with Crippen molar-refractivity contribution in [2.45, 2.75) is 39.4 Å². The second-order valence-corrected chi connectivity index (χ2v) is 16.9. The summed E-state index contributed by atoms with van der Waals surface area (Å²) in [6.07, 6.45) is 6.14. The molecule has 0 amide bonds. The van der Waals surface area contributed by atoms with E-state index in [2.05, 4.69) is 52.4 Å². The van der Waals surface area contributed by atoms with E-state index in [0.29, 0.717) is 68.9 Å². The minimum absolute atomic E-state index is 0. The first-order valence-electron chi connectivity index (χ1n) is 25.5. The molecule has 3 aromatic heterocycles. The number of halogens is 3. The average Bonchev–Trinajstić information content (AvgIpc) is 3.42. The Morgan fingerprint density at radius 1 is 0.414 bits per heavy atom. The maximum absolute atomic E-state index is 15.9. The smallest absolute Gasteiger partial charge is 0.304 e. The molecule has 3 nitrogen and oxygen atoms in total. The van der Waals surface area contributed by atoms with Gasteiger partial charge >= 0.3 is 20.1 Å². The van der Waals surface area contributed by atoms with Crippen LogP contribution in [0.3, 0.4) is 0 Å². The van der Waals surface area contributed by atoms with Gasteiger partial charge in [0.25, 0.3) is 0 Å². The summed E-state index contributed by atoms with van der Waals surface area (Å²) < 4.78 is 94.5. The first-order valence-corrected chi connectivity index (χ1v) is 22.5. The molecule has 10 aromatic rings. The molecule has 7 aromatic carbocycles. The molecule has 10 rings (SSSR count). The van der Waals surface area contributed by atoms with Crippen molar-refractivity contribution in [1.82, 2.24) is 15.0 Å². The van der Waals surface area contributed by atoms with Crippen LogP contribution >= 0.6 is 0 Å². The number of rotatable bonds is 13. The first-order chi connectivity index (χ1) is 36.1. The van der Waals surface area contributed by atoms with E-state index in [-0.39, 0.29) is 44.1 Å². The van der Waals surface area contributed by atoms with Gasteiger partial charge in [-0.1, -0.05) is 102 Å². The van der Waals surface area contributed by atoms with Gasteiger partial charge in [0.2, 0.25) is 0 Å². The fourth-order valence-electron chi connectivity index (χ4n) is 8.65. The summed E-state index contributed by atoms with van der Waals surface area (Å²) >= 11 is 0. The van der Waals surface area contributed by atoms with E-state index in [0.717, 1.165) is 44.5 Å². The standard InChI is InChI=1S/C63H45F3N3.Ir/c1-41-30-61(47-20-24-54(64)25-21-47)67-38-51(41)18-16-43-32-44(17-19-52-39-68-62(31-42(52)2)48-22-26-55(65)27-23-48)34-53(33-43)58-36-56(66)28-29-57(58)60-40-69-63(46-12-7-4-8-13-46)37-59(60)50-15-9-14-49(35-50)45-10-5-3-6-11-45;/h3-12,14-15,20,22,24-40H,16-19H2,1-2H3;/q-3;+3/i1D3,2D3;. The zero-order chi connectivity index (χ0) is 52.3. The van der Waals surface area contributed by atoms with Crippen molar-refractivity contribution in [2.24, 2.45) is 0 Å². The number of aryl methyl sites for hydroxylation is 6. The zero-order valence-electron chi connectivity index (χ0n) is 43.5. The molecule has 3 heterocycles. The molecule has 7 heteroatoms. The molecular formula is C63H45F3IrN3. The molecule has 342 valence electrons. The summed E-state index contributed by atoms with van der Waals surface area (Å²) in [5, 5.41) is 0. The maximum Gasteiger partial charge on any atom is 3.00 e. The van der Waals surface area contributed by atoms with Gasteiger partial charge in [-0.2, -0.15) is 0 Å². The Morgan fingerprint density at radius 2 is 0.971 bits per heavy atom. The first kappa shape index (κ1) is 40.3. The second-order valence-electron chi connectivity index (χ2n) is 16.9. The molecule has 0 aliphatic heterocycles. The van der Waals surface area contributed by atoms with Gasteiger partial charge < -0.3 is 15.0 Å². The van der Waals surface area contributed by atoms with Gasteiger partial charge in [0.15, 0.2) is 0 Å². The van der Waals surface area contributed by atoms with E-state index in [1.165, 1.54) is 60.7 Å². The summed E-state index contributed by atoms with van der Waals surface area (Å²) in [4.78, 5) is 14.1. The van der Waals surface area contributed by atoms with E-state index in [1.807, 2.05) is 85.1 Å². The molecule has 0 radical (unpaired) electrons. The van der Waals surface area contributed by atoms with Crippen LogP contribution < -0.4 is 0 Å². The molecule has 0 bridgehead atoms. The van der Waals surface area contributed by atoms with Crippen molar-refractivity contribution in [3.8, 4) is 78.3 Å². The summed E-state index contributed by atoms with van der Waals surface area (Å²) in [5.74, 6) is -1.41. The van der Waals surface area contributed by atoms with Gasteiger partial charge in [-0.25, -0.2) is 4.39 Å². The summed E-state index contributed by atoms with van der Waals surface area (Å²) in [5.41, 5.74) is 12.5. The third-order valence-electron chi connectivity index (χ3n) is 12.2. The Hall–Kier alpha value is -7.57. The van der Waals surface area contributed by atoms with Crippen LogP contribution in [-0.2, 0) is 45.8 Å².